The molecule has 0 amide bonds. The molecule has 0 saturated heterocycles. The van der Waals surface area contributed by atoms with Crippen LogP contribution in [-0.2, 0) is 4.79 Å². The summed E-state index contributed by atoms with van der Waals surface area (Å²) in [5.74, 6) is -27.8. The zero-order valence-corrected chi connectivity index (χ0v) is 7.26. The topological polar surface area (TPSA) is 37.3 Å². The van der Waals surface area contributed by atoms with E-state index in [0.717, 1.165) is 0 Å². The summed E-state index contributed by atoms with van der Waals surface area (Å²) in [7, 11) is 0. The van der Waals surface area contributed by atoms with Crippen LogP contribution in [0, 0.1) is 0 Å². The molecule has 0 unspecified atom stereocenters. The van der Waals surface area contributed by atoms with Crippen molar-refractivity contribution >= 4 is 5.97 Å². The Balaban J connectivity index is 5.78. The molecule has 0 rings (SSSR count). The molecule has 0 aromatic rings. The van der Waals surface area contributed by atoms with Gasteiger partial charge in [0.25, 0.3) is 0 Å². The molecule has 0 aliphatic carbocycles. The van der Waals surface area contributed by atoms with Crippen LogP contribution < -0.4 is 0 Å². The van der Waals surface area contributed by atoms with E-state index in [4.69, 9.17) is 5.11 Å². The fourth-order valence-electron chi connectivity index (χ4n) is 0.588. The number of allylic oxidation sites excluding steroid dienone is 1. The van der Waals surface area contributed by atoms with Crippen LogP contribution in [0.4, 0.5) is 39.5 Å². The normalized spacial score (nSPS) is 13.5. The Kier molecular flexibility index (Phi) is 3.77. The van der Waals surface area contributed by atoms with Gasteiger partial charge in [0.2, 0.25) is 5.83 Å². The minimum atomic E-state index is -6.86. The number of carbonyl (C=O) groups is 1. The molecule has 0 fully saturated rings. The van der Waals surface area contributed by atoms with Gasteiger partial charge >= 0.3 is 29.8 Å². The minimum absolute atomic E-state index is 3.71. The summed E-state index contributed by atoms with van der Waals surface area (Å²) in [5.41, 5.74) is 0. The highest BCUT2D eigenvalue weighted by molar-refractivity contribution is 5.77. The molecule has 0 aliphatic rings. The smallest absolute Gasteiger partial charge is 0.411 e. The van der Waals surface area contributed by atoms with Crippen LogP contribution in [0.15, 0.2) is 11.9 Å². The minimum Gasteiger partial charge on any atom is -0.477 e. The lowest BCUT2D eigenvalue weighted by molar-refractivity contribution is -0.295. The first-order valence-corrected chi connectivity index (χ1v) is 3.38. The number of aliphatic carboxylic acids is 1. The number of carboxylic acid groups (broad SMARTS) is 1. The molecule has 0 heterocycles. The average Bonchev–Trinajstić information content (AvgIpc) is 2.15. The van der Waals surface area contributed by atoms with Gasteiger partial charge in [-0.3, -0.25) is 0 Å². The van der Waals surface area contributed by atoms with Crippen LogP contribution in [0.5, 0.6) is 0 Å². The molecule has 0 radical (unpaired) electrons. The monoisotopic (exact) mass is 276 g/mol. The third-order valence-corrected chi connectivity index (χ3v) is 1.50. The Hall–Kier alpha value is -1.42. The van der Waals surface area contributed by atoms with Crippen LogP contribution in [0.2, 0.25) is 0 Å². The number of hydrogen-bond donors (Lipinski definition) is 1. The third-order valence-electron chi connectivity index (χ3n) is 1.50. The Morgan fingerprint density at radius 2 is 1.18 bits per heavy atom. The van der Waals surface area contributed by atoms with Gasteiger partial charge in [-0.1, -0.05) is 0 Å². The first-order valence-electron chi connectivity index (χ1n) is 3.38. The Morgan fingerprint density at radius 1 is 0.824 bits per heavy atom. The van der Waals surface area contributed by atoms with Crippen LogP contribution in [0.1, 0.15) is 0 Å². The van der Waals surface area contributed by atoms with E-state index in [1.54, 1.807) is 0 Å². The SMILES string of the molecule is O=C(O)C(F)(F)C(F)(F)C(F)(F)C(F)=C(F)F. The van der Waals surface area contributed by atoms with E-state index in [1.807, 2.05) is 0 Å². The standard InChI is InChI=1S/C6HF9O2/c7-1(2(8)9)4(10,11)6(14,15)5(12,13)3(16)17/h(H,16,17). The number of alkyl halides is 6. The largest absolute Gasteiger partial charge is 0.477 e. The predicted molar refractivity (Wildman–Crippen MR) is 32.8 cm³/mol. The van der Waals surface area contributed by atoms with Gasteiger partial charge in [-0.25, -0.2) is 4.79 Å². The molecule has 0 aromatic heterocycles. The maximum absolute atomic E-state index is 12.4. The zero-order valence-electron chi connectivity index (χ0n) is 7.26. The number of hydrogen-bond acceptors (Lipinski definition) is 1. The molecule has 2 nitrogen and oxygen atoms in total. The highest BCUT2D eigenvalue weighted by atomic mass is 19.3. The molecular formula is C6HF9O2. The summed E-state index contributed by atoms with van der Waals surface area (Å²) in [6.45, 7) is 0. The molecule has 11 heteroatoms. The van der Waals surface area contributed by atoms with Crippen molar-refractivity contribution in [3.8, 4) is 0 Å². The van der Waals surface area contributed by atoms with Crippen LogP contribution in [0.25, 0.3) is 0 Å². The first kappa shape index (κ1) is 15.6. The van der Waals surface area contributed by atoms with E-state index in [-0.39, 0.29) is 0 Å². The molecule has 0 spiro atoms. The lowest BCUT2D eigenvalue weighted by Gasteiger charge is -2.28. The number of halogens is 9. The van der Waals surface area contributed by atoms with Crippen molar-refractivity contribution in [2.75, 3.05) is 0 Å². The van der Waals surface area contributed by atoms with Gasteiger partial charge in [0.15, 0.2) is 0 Å². The number of rotatable bonds is 4. The van der Waals surface area contributed by atoms with Gasteiger partial charge in [-0.2, -0.15) is 39.5 Å². The Labute approximate surface area is 86.3 Å². The maximum atomic E-state index is 12.4. The Bertz CT molecular complexity index is 354. The van der Waals surface area contributed by atoms with Crippen molar-refractivity contribution in [1.29, 1.82) is 0 Å². The van der Waals surface area contributed by atoms with Gasteiger partial charge in [0, 0.05) is 0 Å². The molecule has 0 aliphatic heterocycles. The van der Waals surface area contributed by atoms with Gasteiger partial charge in [0.1, 0.15) is 0 Å². The predicted octanol–water partition coefficient (Wildman–Crippen LogP) is 3.05. The molecule has 0 aromatic carbocycles. The second-order valence-electron chi connectivity index (χ2n) is 2.60. The highest BCUT2D eigenvalue weighted by Gasteiger charge is 2.77. The summed E-state index contributed by atoms with van der Waals surface area (Å²) in [4.78, 5) is 9.62. The second-order valence-corrected chi connectivity index (χ2v) is 2.60. The van der Waals surface area contributed by atoms with Crippen molar-refractivity contribution in [1.82, 2.24) is 0 Å². The summed E-state index contributed by atoms with van der Waals surface area (Å²) >= 11 is 0. The lowest BCUT2D eigenvalue weighted by Crippen LogP contribution is -2.58. The van der Waals surface area contributed by atoms with Crippen LogP contribution >= 0.6 is 0 Å². The number of carboxylic acids is 1. The van der Waals surface area contributed by atoms with Crippen molar-refractivity contribution in [2.45, 2.75) is 17.8 Å². The molecule has 100 valence electrons. The molecular weight excluding hydrogens is 275 g/mol. The van der Waals surface area contributed by atoms with Crippen LogP contribution in [-0.4, -0.2) is 28.8 Å². The molecule has 0 bridgehead atoms. The molecule has 1 N–H and O–H groups in total. The van der Waals surface area contributed by atoms with Gasteiger partial charge in [0.05, 0.1) is 0 Å². The van der Waals surface area contributed by atoms with Crippen molar-refractivity contribution in [3.05, 3.63) is 11.9 Å². The summed E-state index contributed by atoms with van der Waals surface area (Å²) < 4.78 is 108. The summed E-state index contributed by atoms with van der Waals surface area (Å²) in [6, 6.07) is 0. The molecule has 0 saturated carbocycles. The van der Waals surface area contributed by atoms with E-state index in [2.05, 4.69) is 0 Å². The van der Waals surface area contributed by atoms with E-state index in [0.29, 0.717) is 0 Å². The van der Waals surface area contributed by atoms with Crippen molar-refractivity contribution in [3.63, 3.8) is 0 Å². The lowest BCUT2D eigenvalue weighted by atomic mass is 10.0. The van der Waals surface area contributed by atoms with Crippen LogP contribution in [0.3, 0.4) is 0 Å². The van der Waals surface area contributed by atoms with Crippen molar-refractivity contribution < 1.29 is 49.4 Å². The Morgan fingerprint density at radius 3 is 1.41 bits per heavy atom. The van der Waals surface area contributed by atoms with Gasteiger partial charge in [-0.05, 0) is 0 Å². The maximum Gasteiger partial charge on any atom is 0.411 e. The second kappa shape index (κ2) is 4.11. The fourth-order valence-corrected chi connectivity index (χ4v) is 0.588. The van der Waals surface area contributed by atoms with E-state index >= 15 is 0 Å². The fraction of sp³-hybridized carbons (Fsp3) is 0.500. The average molecular weight is 276 g/mol. The summed E-state index contributed by atoms with van der Waals surface area (Å²) in [5, 5.41) is 7.57. The van der Waals surface area contributed by atoms with E-state index in [1.165, 1.54) is 0 Å². The third kappa shape index (κ3) is 2.17. The quantitative estimate of drug-likeness (QED) is 0.801. The highest BCUT2D eigenvalue weighted by Crippen LogP contribution is 2.50. The summed E-state index contributed by atoms with van der Waals surface area (Å²) in [6.07, 6.45) is -3.96. The van der Waals surface area contributed by atoms with Gasteiger partial charge < -0.3 is 5.11 Å². The zero-order chi connectivity index (χ0) is 14.2. The van der Waals surface area contributed by atoms with Crippen molar-refractivity contribution in [2.24, 2.45) is 0 Å². The molecule has 0 atom stereocenters. The van der Waals surface area contributed by atoms with E-state index < -0.39 is 35.6 Å². The van der Waals surface area contributed by atoms with E-state index in [9.17, 15) is 44.3 Å². The first-order chi connectivity index (χ1) is 7.30. The van der Waals surface area contributed by atoms with Gasteiger partial charge in [-0.15, -0.1) is 0 Å². The molecule has 17 heavy (non-hydrogen) atoms.